The van der Waals surface area contributed by atoms with Crippen LogP contribution in [0.15, 0.2) is 12.3 Å². The molecule has 0 atom stereocenters. The van der Waals surface area contributed by atoms with Crippen LogP contribution in [0.5, 0.6) is 0 Å². The molecule has 10 heavy (non-hydrogen) atoms. The summed E-state index contributed by atoms with van der Waals surface area (Å²) in [7, 11) is 0. The van der Waals surface area contributed by atoms with Crippen LogP contribution in [0.2, 0.25) is 0 Å². The van der Waals surface area contributed by atoms with Crippen LogP contribution in [0.4, 0.5) is 0 Å². The Balaban J connectivity index is 3.99. The molecule has 0 heterocycles. The van der Waals surface area contributed by atoms with Gasteiger partial charge in [0.2, 0.25) is 5.91 Å². The standard InChI is InChI=1S/C8H15NO/c1-6(8(3,4)5)9-7(2)10/h1H2,2-5H3,(H,9,10). The Morgan fingerprint density at radius 2 is 1.80 bits per heavy atom. The molecular weight excluding hydrogens is 126 g/mol. The predicted octanol–water partition coefficient (Wildman–Crippen LogP) is 1.68. The number of carbonyl (C=O) groups excluding carboxylic acids is 1. The van der Waals surface area contributed by atoms with Gasteiger partial charge in [0.25, 0.3) is 0 Å². The van der Waals surface area contributed by atoms with Crippen LogP contribution in [0.25, 0.3) is 0 Å². The molecule has 1 N–H and O–H groups in total. The van der Waals surface area contributed by atoms with Gasteiger partial charge in [0, 0.05) is 18.0 Å². The second-order valence-corrected chi connectivity index (χ2v) is 3.41. The molecule has 2 heteroatoms. The minimum Gasteiger partial charge on any atom is -0.330 e. The van der Waals surface area contributed by atoms with Crippen LogP contribution >= 0.6 is 0 Å². The summed E-state index contributed by atoms with van der Waals surface area (Å²) in [6.45, 7) is 11.2. The van der Waals surface area contributed by atoms with Crippen molar-refractivity contribution in [1.29, 1.82) is 0 Å². The molecule has 0 unspecified atom stereocenters. The van der Waals surface area contributed by atoms with Crippen molar-refractivity contribution in [1.82, 2.24) is 5.32 Å². The minimum absolute atomic E-state index is 0.0360. The molecule has 0 aliphatic heterocycles. The first-order valence-corrected chi connectivity index (χ1v) is 3.31. The average molecular weight is 141 g/mol. The molecule has 0 bridgehead atoms. The van der Waals surface area contributed by atoms with Crippen molar-refractivity contribution in [2.75, 3.05) is 0 Å². The highest BCUT2D eigenvalue weighted by atomic mass is 16.1. The minimum atomic E-state index is -0.0556. The van der Waals surface area contributed by atoms with Gasteiger partial charge < -0.3 is 5.32 Å². The van der Waals surface area contributed by atoms with Crippen LogP contribution in [-0.2, 0) is 4.79 Å². The summed E-state index contributed by atoms with van der Waals surface area (Å²) >= 11 is 0. The summed E-state index contributed by atoms with van der Waals surface area (Å²) in [5.41, 5.74) is 0.728. The van der Waals surface area contributed by atoms with Gasteiger partial charge >= 0.3 is 0 Å². The summed E-state index contributed by atoms with van der Waals surface area (Å²) in [4.78, 5) is 10.5. The van der Waals surface area contributed by atoms with E-state index in [1.165, 1.54) is 6.92 Å². The molecular formula is C8H15NO. The molecule has 0 saturated heterocycles. The zero-order chi connectivity index (χ0) is 8.36. The van der Waals surface area contributed by atoms with Gasteiger partial charge in [-0.15, -0.1) is 0 Å². The largest absolute Gasteiger partial charge is 0.330 e. The lowest BCUT2D eigenvalue weighted by atomic mass is 9.93. The molecule has 0 aromatic heterocycles. The van der Waals surface area contributed by atoms with Gasteiger partial charge in [0.05, 0.1) is 0 Å². The maximum absolute atomic E-state index is 10.5. The fourth-order valence-electron chi connectivity index (χ4n) is 0.400. The quantitative estimate of drug-likeness (QED) is 0.591. The Labute approximate surface area is 62.3 Å². The van der Waals surface area contributed by atoms with E-state index in [1.807, 2.05) is 20.8 Å². The van der Waals surface area contributed by atoms with Gasteiger partial charge in [0.15, 0.2) is 0 Å². The lowest BCUT2D eigenvalue weighted by Crippen LogP contribution is -2.27. The van der Waals surface area contributed by atoms with Crippen molar-refractivity contribution in [3.63, 3.8) is 0 Å². The number of nitrogens with one attached hydrogen (secondary N) is 1. The van der Waals surface area contributed by atoms with Crippen molar-refractivity contribution in [3.05, 3.63) is 12.3 Å². The molecule has 0 aromatic rings. The molecule has 0 aromatic carbocycles. The maximum Gasteiger partial charge on any atom is 0.220 e. The van der Waals surface area contributed by atoms with Gasteiger partial charge in [-0.1, -0.05) is 27.4 Å². The third-order valence-corrected chi connectivity index (χ3v) is 1.23. The topological polar surface area (TPSA) is 29.1 Å². The summed E-state index contributed by atoms with van der Waals surface area (Å²) in [5.74, 6) is -0.0556. The number of allylic oxidation sites excluding steroid dienone is 1. The van der Waals surface area contributed by atoms with Crippen LogP contribution < -0.4 is 5.32 Å². The number of amides is 1. The number of rotatable bonds is 1. The molecule has 1 amide bonds. The highest BCUT2D eigenvalue weighted by Gasteiger charge is 2.14. The maximum atomic E-state index is 10.5. The molecule has 0 spiro atoms. The van der Waals surface area contributed by atoms with E-state index in [9.17, 15) is 4.79 Å². The SMILES string of the molecule is C=C(NC(C)=O)C(C)(C)C. The lowest BCUT2D eigenvalue weighted by Gasteiger charge is -2.21. The third-order valence-electron chi connectivity index (χ3n) is 1.23. The summed E-state index contributed by atoms with van der Waals surface area (Å²) in [6.07, 6.45) is 0. The predicted molar refractivity (Wildman–Crippen MR) is 42.4 cm³/mol. The number of hydrogen-bond acceptors (Lipinski definition) is 1. The first kappa shape index (κ1) is 9.21. The van der Waals surface area contributed by atoms with Gasteiger partial charge in [-0.3, -0.25) is 4.79 Å². The van der Waals surface area contributed by atoms with E-state index in [0.717, 1.165) is 5.70 Å². The average Bonchev–Trinajstić information content (AvgIpc) is 1.60. The first-order valence-electron chi connectivity index (χ1n) is 3.31. The second kappa shape index (κ2) is 2.86. The lowest BCUT2D eigenvalue weighted by molar-refractivity contribution is -0.118. The van der Waals surface area contributed by atoms with Gasteiger partial charge in [-0.05, 0) is 0 Å². The molecule has 0 fully saturated rings. The van der Waals surface area contributed by atoms with Crippen molar-refractivity contribution >= 4 is 5.91 Å². The van der Waals surface area contributed by atoms with E-state index in [2.05, 4.69) is 11.9 Å². The monoisotopic (exact) mass is 141 g/mol. The molecule has 0 saturated carbocycles. The zero-order valence-corrected chi connectivity index (χ0v) is 7.12. The Hall–Kier alpha value is -0.790. The summed E-state index contributed by atoms with van der Waals surface area (Å²) in [5, 5.41) is 2.65. The van der Waals surface area contributed by atoms with Crippen molar-refractivity contribution in [3.8, 4) is 0 Å². The molecule has 2 nitrogen and oxygen atoms in total. The fraction of sp³-hybridized carbons (Fsp3) is 0.625. The Morgan fingerprint density at radius 1 is 1.40 bits per heavy atom. The Bertz CT molecular complexity index is 153. The Morgan fingerprint density at radius 3 is 1.90 bits per heavy atom. The van der Waals surface area contributed by atoms with Gasteiger partial charge in [-0.25, -0.2) is 0 Å². The molecule has 0 rings (SSSR count). The van der Waals surface area contributed by atoms with Crippen LogP contribution in [0, 0.1) is 5.41 Å². The van der Waals surface area contributed by atoms with Gasteiger partial charge in [-0.2, -0.15) is 0 Å². The second-order valence-electron chi connectivity index (χ2n) is 3.41. The van der Waals surface area contributed by atoms with Crippen LogP contribution in [0.1, 0.15) is 27.7 Å². The number of carbonyl (C=O) groups is 1. The Kier molecular flexibility index (Phi) is 2.64. The third kappa shape index (κ3) is 3.28. The molecule has 0 radical (unpaired) electrons. The molecule has 58 valence electrons. The smallest absolute Gasteiger partial charge is 0.220 e. The zero-order valence-electron chi connectivity index (χ0n) is 7.12. The highest BCUT2D eigenvalue weighted by molar-refractivity contribution is 5.74. The van der Waals surface area contributed by atoms with E-state index < -0.39 is 0 Å². The van der Waals surface area contributed by atoms with E-state index >= 15 is 0 Å². The fourth-order valence-corrected chi connectivity index (χ4v) is 0.400. The number of hydrogen-bond donors (Lipinski definition) is 1. The van der Waals surface area contributed by atoms with E-state index in [-0.39, 0.29) is 11.3 Å². The van der Waals surface area contributed by atoms with E-state index in [1.54, 1.807) is 0 Å². The normalized spacial score (nSPS) is 10.8. The summed E-state index contributed by atoms with van der Waals surface area (Å²) < 4.78 is 0. The molecule has 0 aliphatic carbocycles. The van der Waals surface area contributed by atoms with Crippen molar-refractivity contribution in [2.45, 2.75) is 27.7 Å². The van der Waals surface area contributed by atoms with Crippen LogP contribution in [-0.4, -0.2) is 5.91 Å². The van der Waals surface area contributed by atoms with E-state index in [4.69, 9.17) is 0 Å². The van der Waals surface area contributed by atoms with Crippen molar-refractivity contribution < 1.29 is 4.79 Å². The first-order chi connectivity index (χ1) is 4.34. The van der Waals surface area contributed by atoms with Crippen LogP contribution in [0.3, 0.4) is 0 Å². The molecule has 0 aliphatic rings. The van der Waals surface area contributed by atoms with Crippen molar-refractivity contribution in [2.24, 2.45) is 5.41 Å². The van der Waals surface area contributed by atoms with E-state index in [0.29, 0.717) is 0 Å². The summed E-state index contributed by atoms with van der Waals surface area (Å²) in [6, 6.07) is 0. The van der Waals surface area contributed by atoms with Gasteiger partial charge in [0.1, 0.15) is 0 Å². The highest BCUT2D eigenvalue weighted by Crippen LogP contribution is 2.20.